The van der Waals surface area contributed by atoms with Gasteiger partial charge in [-0.2, -0.15) is 0 Å². The van der Waals surface area contributed by atoms with Gasteiger partial charge in [0, 0.05) is 24.4 Å². The number of unbranched alkanes of at least 4 members (excludes halogenated alkanes) is 9. The topological polar surface area (TPSA) is 64.4 Å². The fourth-order valence-electron chi connectivity index (χ4n) is 3.30. The van der Waals surface area contributed by atoms with Gasteiger partial charge in [-0.1, -0.05) is 51.4 Å². The van der Waals surface area contributed by atoms with E-state index in [4.69, 9.17) is 4.74 Å². The molecule has 0 atom stereocenters. The lowest BCUT2D eigenvalue weighted by Gasteiger charge is -2.07. The summed E-state index contributed by atoms with van der Waals surface area (Å²) in [4.78, 5) is 10.2. The lowest BCUT2D eigenvalue weighted by Crippen LogP contribution is -2.01. The highest BCUT2D eigenvalue weighted by atomic mass is 19.1. The molecule has 0 aliphatic carbocycles. The van der Waals surface area contributed by atoms with Gasteiger partial charge in [0.1, 0.15) is 11.6 Å². The van der Waals surface area contributed by atoms with Gasteiger partial charge in [0.2, 0.25) is 0 Å². The number of nitrogens with one attached hydrogen (secondary N) is 1. The van der Waals surface area contributed by atoms with Crippen LogP contribution in [0.1, 0.15) is 64.2 Å². The van der Waals surface area contributed by atoms with Crippen molar-refractivity contribution in [3.05, 3.63) is 64.5 Å². The molecular weight excluding hydrogens is 383 g/mol. The minimum Gasteiger partial charge on any atom is -0.494 e. The number of benzene rings is 2. The quantitative estimate of drug-likeness (QED) is 0.180. The third-order valence-electron chi connectivity index (χ3n) is 5.06. The molecule has 0 amide bonds. The van der Waals surface area contributed by atoms with E-state index in [1.807, 2.05) is 0 Å². The first kappa shape index (κ1) is 23.6. The second-order valence-corrected chi connectivity index (χ2v) is 7.57. The number of hydrogen-bond acceptors (Lipinski definition) is 4. The molecule has 0 bridgehead atoms. The van der Waals surface area contributed by atoms with E-state index in [-0.39, 0.29) is 11.5 Å². The van der Waals surface area contributed by atoms with Crippen LogP contribution >= 0.6 is 0 Å². The number of rotatable bonds is 16. The van der Waals surface area contributed by atoms with E-state index >= 15 is 0 Å². The smallest absolute Gasteiger partial charge is 0.269 e. The first-order valence-electron chi connectivity index (χ1n) is 11.0. The van der Waals surface area contributed by atoms with Gasteiger partial charge in [-0.25, -0.2) is 4.39 Å². The van der Waals surface area contributed by atoms with Crippen molar-refractivity contribution in [3.8, 4) is 5.75 Å². The second kappa shape index (κ2) is 14.4. The Morgan fingerprint density at radius 1 is 0.767 bits per heavy atom. The van der Waals surface area contributed by atoms with Crippen LogP contribution < -0.4 is 10.1 Å². The lowest BCUT2D eigenvalue weighted by molar-refractivity contribution is -0.384. The van der Waals surface area contributed by atoms with Crippen LogP contribution in [0.2, 0.25) is 0 Å². The third-order valence-corrected chi connectivity index (χ3v) is 5.06. The summed E-state index contributed by atoms with van der Waals surface area (Å²) in [5.74, 6) is 0.490. The average molecular weight is 417 g/mol. The van der Waals surface area contributed by atoms with E-state index in [1.165, 1.54) is 69.2 Å². The number of nitro groups is 1. The number of nitrogens with zero attached hydrogens (tertiary/aromatic N) is 1. The predicted octanol–water partition coefficient (Wildman–Crippen LogP) is 7.13. The summed E-state index contributed by atoms with van der Waals surface area (Å²) >= 11 is 0. The molecule has 30 heavy (non-hydrogen) atoms. The fourth-order valence-corrected chi connectivity index (χ4v) is 3.30. The van der Waals surface area contributed by atoms with E-state index in [0.717, 1.165) is 31.5 Å². The van der Waals surface area contributed by atoms with E-state index < -0.39 is 4.92 Å². The summed E-state index contributed by atoms with van der Waals surface area (Å²) in [5.41, 5.74) is 1.07. The van der Waals surface area contributed by atoms with Gasteiger partial charge in [-0.15, -0.1) is 0 Å². The van der Waals surface area contributed by atoms with Crippen LogP contribution in [0.15, 0.2) is 48.5 Å². The summed E-state index contributed by atoms with van der Waals surface area (Å²) in [7, 11) is 0. The molecule has 6 heteroatoms. The SMILES string of the molecule is O=[N+]([O-])c1ccc(OCCCCCCCCCCCCNc2ccc(F)cc2)cc1. The summed E-state index contributed by atoms with van der Waals surface area (Å²) in [6, 6.07) is 12.7. The summed E-state index contributed by atoms with van der Waals surface area (Å²) in [5, 5.41) is 13.9. The van der Waals surface area contributed by atoms with Gasteiger partial charge < -0.3 is 10.1 Å². The van der Waals surface area contributed by atoms with Crippen LogP contribution in [0.5, 0.6) is 5.75 Å². The van der Waals surface area contributed by atoms with Crippen molar-refractivity contribution in [3.63, 3.8) is 0 Å². The number of hydrogen-bond donors (Lipinski definition) is 1. The molecule has 0 aliphatic rings. The highest BCUT2D eigenvalue weighted by molar-refractivity contribution is 5.42. The maximum atomic E-state index is 12.8. The zero-order valence-corrected chi connectivity index (χ0v) is 17.7. The van der Waals surface area contributed by atoms with Gasteiger partial charge >= 0.3 is 0 Å². The number of anilines is 1. The molecule has 5 nitrogen and oxygen atoms in total. The summed E-state index contributed by atoms with van der Waals surface area (Å²) < 4.78 is 18.4. The molecule has 1 N–H and O–H groups in total. The maximum absolute atomic E-state index is 12.8. The molecule has 2 aromatic rings. The Kier molecular flexibility index (Phi) is 11.3. The second-order valence-electron chi connectivity index (χ2n) is 7.57. The van der Waals surface area contributed by atoms with Crippen LogP contribution in [0.3, 0.4) is 0 Å². The molecule has 0 saturated heterocycles. The highest BCUT2D eigenvalue weighted by Gasteiger charge is 2.04. The van der Waals surface area contributed by atoms with Crippen LogP contribution in [0.25, 0.3) is 0 Å². The van der Waals surface area contributed by atoms with Gasteiger partial charge in [0.15, 0.2) is 0 Å². The molecule has 0 fully saturated rings. The van der Waals surface area contributed by atoms with Crippen molar-refractivity contribution in [1.82, 2.24) is 0 Å². The molecule has 2 rings (SSSR count). The van der Waals surface area contributed by atoms with Crippen molar-refractivity contribution in [2.45, 2.75) is 64.2 Å². The van der Waals surface area contributed by atoms with Crippen molar-refractivity contribution < 1.29 is 14.1 Å². The molecular formula is C24H33FN2O3. The Bertz CT molecular complexity index is 720. The lowest BCUT2D eigenvalue weighted by atomic mass is 10.1. The summed E-state index contributed by atoms with van der Waals surface area (Å²) in [6.07, 6.45) is 12.2. The van der Waals surface area contributed by atoms with Crippen molar-refractivity contribution in [1.29, 1.82) is 0 Å². The maximum Gasteiger partial charge on any atom is 0.269 e. The van der Waals surface area contributed by atoms with Gasteiger partial charge in [-0.05, 0) is 49.2 Å². The van der Waals surface area contributed by atoms with Crippen LogP contribution in [0, 0.1) is 15.9 Å². The molecule has 0 spiro atoms. The molecule has 0 aliphatic heterocycles. The van der Waals surface area contributed by atoms with Crippen LogP contribution in [-0.4, -0.2) is 18.1 Å². The van der Waals surface area contributed by atoms with Gasteiger partial charge in [0.25, 0.3) is 5.69 Å². The Balaban J connectivity index is 1.33. The minimum atomic E-state index is -0.406. The minimum absolute atomic E-state index is 0.0871. The molecule has 0 unspecified atom stereocenters. The number of halogens is 1. The molecule has 0 saturated carbocycles. The number of non-ortho nitro benzene ring substituents is 1. The van der Waals surface area contributed by atoms with E-state index in [1.54, 1.807) is 24.3 Å². The zero-order valence-electron chi connectivity index (χ0n) is 17.7. The van der Waals surface area contributed by atoms with E-state index in [9.17, 15) is 14.5 Å². The van der Waals surface area contributed by atoms with E-state index in [0.29, 0.717) is 12.4 Å². The Morgan fingerprint density at radius 2 is 1.30 bits per heavy atom. The zero-order chi connectivity index (χ0) is 21.4. The van der Waals surface area contributed by atoms with Gasteiger partial charge in [0.05, 0.1) is 11.5 Å². The standard InChI is InChI=1S/C24H33FN2O3/c25-21-11-13-22(14-12-21)26-19-9-7-5-3-1-2-4-6-8-10-20-30-24-17-15-23(16-18-24)27(28)29/h11-18,26H,1-10,19-20H2. The van der Waals surface area contributed by atoms with Crippen LogP contribution in [-0.2, 0) is 0 Å². The van der Waals surface area contributed by atoms with Gasteiger partial charge in [-0.3, -0.25) is 10.1 Å². The third kappa shape index (κ3) is 10.2. The first-order chi connectivity index (χ1) is 14.6. The van der Waals surface area contributed by atoms with Crippen molar-refractivity contribution >= 4 is 11.4 Å². The monoisotopic (exact) mass is 416 g/mol. The number of ether oxygens (including phenoxy) is 1. The fraction of sp³-hybridized carbons (Fsp3) is 0.500. The Labute approximate surface area is 178 Å². The van der Waals surface area contributed by atoms with Crippen molar-refractivity contribution in [2.24, 2.45) is 0 Å². The molecule has 0 aromatic heterocycles. The average Bonchev–Trinajstić information content (AvgIpc) is 2.75. The highest BCUT2D eigenvalue weighted by Crippen LogP contribution is 2.18. The Hall–Kier alpha value is -2.63. The first-order valence-corrected chi connectivity index (χ1v) is 11.0. The van der Waals surface area contributed by atoms with Crippen LogP contribution in [0.4, 0.5) is 15.8 Å². The van der Waals surface area contributed by atoms with Crippen molar-refractivity contribution in [2.75, 3.05) is 18.5 Å². The molecule has 164 valence electrons. The normalized spacial score (nSPS) is 10.7. The predicted molar refractivity (Wildman–Crippen MR) is 120 cm³/mol. The number of nitro benzene ring substituents is 1. The molecule has 2 aromatic carbocycles. The largest absolute Gasteiger partial charge is 0.494 e. The Morgan fingerprint density at radius 3 is 1.87 bits per heavy atom. The molecule has 0 heterocycles. The molecule has 0 radical (unpaired) electrons. The van der Waals surface area contributed by atoms with E-state index in [2.05, 4.69) is 5.32 Å². The summed E-state index contributed by atoms with van der Waals surface area (Å²) in [6.45, 7) is 1.59.